The largest absolute Gasteiger partial charge is 0.468 e. The molecule has 0 spiro atoms. The maximum absolute atomic E-state index is 7.91. The maximum Gasteiger partial charge on any atom is 0.297 e. The summed E-state index contributed by atoms with van der Waals surface area (Å²) in [5.74, 6) is 0. The molecule has 16 rings (SSSR count). The Morgan fingerprint density at radius 3 is 1.41 bits per heavy atom. The van der Waals surface area contributed by atoms with E-state index in [1.807, 2.05) is 0 Å². The van der Waals surface area contributed by atoms with Gasteiger partial charge >= 0.3 is 0 Å². The van der Waals surface area contributed by atoms with E-state index in [2.05, 4.69) is 309 Å². The Kier molecular flexibility index (Phi) is 12.0. The van der Waals surface area contributed by atoms with Crippen molar-refractivity contribution in [1.82, 2.24) is 0 Å². The molecule has 0 saturated carbocycles. The van der Waals surface area contributed by atoms with Crippen LogP contribution in [0.2, 0.25) is 0 Å². The van der Waals surface area contributed by atoms with Gasteiger partial charge in [0.2, 0.25) is 0 Å². The maximum atomic E-state index is 7.91. The van der Waals surface area contributed by atoms with Crippen LogP contribution in [-0.2, 0) is 43.3 Å². The second-order valence-corrected chi connectivity index (χ2v) is 33.9. The third-order valence-corrected chi connectivity index (χ3v) is 23.5. The Labute approximate surface area is 542 Å². The first kappa shape index (κ1) is 58.1. The van der Waals surface area contributed by atoms with Gasteiger partial charge in [0.25, 0.3) is 6.71 Å². The number of nitrogens with zero attached hydrogens (tertiary/aromatic N) is 3. The zero-order valence-corrected chi connectivity index (χ0v) is 57.3. The number of benzene rings is 9. The zero-order valence-electron chi connectivity index (χ0n) is 57.3. The summed E-state index contributed by atoms with van der Waals surface area (Å²) in [6.45, 7) is 43.2. The van der Waals surface area contributed by atoms with Crippen molar-refractivity contribution < 1.29 is 4.42 Å². The minimum absolute atomic E-state index is 0.00932. The van der Waals surface area contributed by atoms with E-state index in [0.717, 1.165) is 71.1 Å². The van der Waals surface area contributed by atoms with Crippen molar-refractivity contribution in [3.63, 3.8) is 0 Å². The number of hydrogen-bond donors (Lipinski definition) is 0. The predicted molar refractivity (Wildman–Crippen MR) is 388 cm³/mol. The molecule has 0 N–H and O–H groups in total. The van der Waals surface area contributed by atoms with Crippen LogP contribution in [0.25, 0.3) is 33.2 Å². The Hall–Kier alpha value is -8.02. The molecule has 0 saturated heterocycles. The molecule has 0 unspecified atom stereocenters. The highest BCUT2D eigenvalue weighted by Gasteiger charge is 2.50. The minimum Gasteiger partial charge on any atom is -0.468 e. The summed E-state index contributed by atoms with van der Waals surface area (Å²) in [5.41, 5.74) is 33.3. The lowest BCUT2D eigenvalue weighted by molar-refractivity contribution is 0.332. The first-order chi connectivity index (χ1) is 42.8. The molecular formula is C86H90BN3O. The predicted octanol–water partition coefficient (Wildman–Crippen LogP) is 21.9. The fraction of sp³-hybridized carbons (Fsp3) is 0.349. The second-order valence-electron chi connectivity index (χ2n) is 33.9. The van der Waals surface area contributed by atoms with E-state index >= 15 is 0 Å². The van der Waals surface area contributed by atoms with Crippen molar-refractivity contribution in [1.29, 1.82) is 0 Å². The fourth-order valence-corrected chi connectivity index (χ4v) is 17.6. The van der Waals surface area contributed by atoms with Gasteiger partial charge in [-0.1, -0.05) is 216 Å². The first-order valence-corrected chi connectivity index (χ1v) is 33.9. The molecule has 6 aliphatic rings. The molecule has 0 radical (unpaired) electrons. The van der Waals surface area contributed by atoms with E-state index in [1.165, 1.54) is 111 Å². The first-order valence-electron chi connectivity index (χ1n) is 33.9. The summed E-state index contributed by atoms with van der Waals surface area (Å²) in [6.07, 6.45) is 4.52. The molecule has 10 aromatic rings. The average molecular weight is 1190 g/mol. The van der Waals surface area contributed by atoms with Crippen LogP contribution in [0, 0.1) is 0 Å². The molecule has 1 aromatic heterocycles. The normalized spacial score (nSPS) is 18.5. The van der Waals surface area contributed by atoms with Crippen LogP contribution in [0.5, 0.6) is 0 Å². The van der Waals surface area contributed by atoms with Gasteiger partial charge in [-0.25, -0.2) is 0 Å². The molecular weight excluding hydrogens is 1100 g/mol. The van der Waals surface area contributed by atoms with Crippen LogP contribution >= 0.6 is 0 Å². The zero-order chi connectivity index (χ0) is 63.8. The van der Waals surface area contributed by atoms with Gasteiger partial charge in [0, 0.05) is 56.0 Å². The third kappa shape index (κ3) is 8.39. The van der Waals surface area contributed by atoms with Gasteiger partial charge in [-0.05, 0) is 226 Å². The number of rotatable bonds is 5. The van der Waals surface area contributed by atoms with Crippen LogP contribution in [0.1, 0.15) is 206 Å². The Bertz CT molecular complexity index is 4650. The van der Waals surface area contributed by atoms with E-state index in [0.29, 0.717) is 0 Å². The second kappa shape index (κ2) is 18.8. The highest BCUT2D eigenvalue weighted by atomic mass is 16.3. The summed E-state index contributed by atoms with van der Waals surface area (Å²) in [4.78, 5) is 7.92. The quantitative estimate of drug-likeness (QED) is 0.160. The Balaban J connectivity index is 1.06. The van der Waals surface area contributed by atoms with Gasteiger partial charge in [0.15, 0.2) is 0 Å². The molecule has 0 amide bonds. The molecule has 458 valence electrons. The number of fused-ring (bicyclic) bond motifs is 14. The van der Waals surface area contributed by atoms with Crippen molar-refractivity contribution in [2.45, 2.75) is 194 Å². The molecule has 0 bridgehead atoms. The standard InChI is InChI=1S/C86H90BN3O/c1-79(2,3)51-27-30-53(31-28-51)89-72-38-29-52(80(4,5)6)43-71(72)87-76-73(89)47-57(88(54-32-35-60-58-23-19-21-25-63(58)85(15,16)66(60)44-54)55-33-36-61-59-24-20-22-26-64(59)86(17,18)67(61)45-55)48-74(76)90(56-34-37-65-68(46-56)82(9,10)40-39-81(65,7)8)77-62-49-69-70(50-75(62)91-78(77)87)84(13,14)42-41-83(69,11)12/h19-38,43-50H,39-42H2,1-18H3. The number of anilines is 9. The lowest BCUT2D eigenvalue weighted by Gasteiger charge is -2.45. The number of furan rings is 1. The molecule has 0 fully saturated rings. The van der Waals surface area contributed by atoms with E-state index < -0.39 is 0 Å². The van der Waals surface area contributed by atoms with Gasteiger partial charge in [-0.2, -0.15) is 0 Å². The molecule has 5 heteroatoms. The van der Waals surface area contributed by atoms with E-state index in [4.69, 9.17) is 4.42 Å². The summed E-state index contributed by atoms with van der Waals surface area (Å²) in [5, 5.41) is 1.18. The summed E-state index contributed by atoms with van der Waals surface area (Å²) < 4.78 is 7.91. The SMILES string of the molecule is CC(C)(C)c1ccc(N2c3ccc(C(C)(C)C)cc3B3c4oc5cc6c(cc5c4N(c4ccc5c(c4)C(C)(C)CCC5(C)C)c4cc(N(c5ccc7c(c5)C(C)(C)c5ccccc5-7)c5ccc7c(c5)C(C)(C)c5ccccc5-7)cc2c43)C(C)(C)CCC6(C)C)cc1. The Morgan fingerprint density at radius 1 is 0.385 bits per heavy atom. The highest BCUT2D eigenvalue weighted by molar-refractivity contribution is 7.00. The smallest absolute Gasteiger partial charge is 0.297 e. The monoisotopic (exact) mass is 1190 g/mol. The molecule has 9 aromatic carbocycles. The van der Waals surface area contributed by atoms with Crippen molar-refractivity contribution in [3.05, 3.63) is 225 Å². The summed E-state index contributed by atoms with van der Waals surface area (Å²) >= 11 is 0. The van der Waals surface area contributed by atoms with Gasteiger partial charge < -0.3 is 19.1 Å². The van der Waals surface area contributed by atoms with E-state index in [-0.39, 0.29) is 50.0 Å². The van der Waals surface area contributed by atoms with Crippen molar-refractivity contribution >= 4 is 85.5 Å². The topological polar surface area (TPSA) is 22.9 Å². The van der Waals surface area contributed by atoms with Gasteiger partial charge in [0.05, 0.1) is 17.0 Å². The highest BCUT2D eigenvalue weighted by Crippen LogP contribution is 2.58. The summed E-state index contributed by atoms with van der Waals surface area (Å²) in [7, 11) is 0. The number of hydrogen-bond acceptors (Lipinski definition) is 4. The van der Waals surface area contributed by atoms with Crippen LogP contribution in [0.3, 0.4) is 0 Å². The van der Waals surface area contributed by atoms with Crippen molar-refractivity contribution in [3.8, 4) is 22.3 Å². The van der Waals surface area contributed by atoms with Crippen LogP contribution in [0.15, 0.2) is 174 Å². The van der Waals surface area contributed by atoms with E-state index in [9.17, 15) is 0 Å². The molecule has 3 heterocycles. The fourth-order valence-electron chi connectivity index (χ4n) is 17.6. The van der Waals surface area contributed by atoms with Crippen LogP contribution in [0.4, 0.5) is 51.2 Å². The summed E-state index contributed by atoms with van der Waals surface area (Å²) in [6, 6.07) is 67.5. The molecule has 4 aliphatic carbocycles. The Morgan fingerprint density at radius 2 is 0.857 bits per heavy atom. The van der Waals surface area contributed by atoms with Gasteiger partial charge in [-0.15, -0.1) is 0 Å². The van der Waals surface area contributed by atoms with Crippen LogP contribution < -0.4 is 31.3 Å². The van der Waals surface area contributed by atoms with Crippen LogP contribution in [-0.4, -0.2) is 6.71 Å². The molecule has 0 atom stereocenters. The lowest BCUT2D eigenvalue weighted by atomic mass is 9.35. The van der Waals surface area contributed by atoms with Crippen molar-refractivity contribution in [2.75, 3.05) is 14.7 Å². The molecule has 91 heavy (non-hydrogen) atoms. The molecule has 4 nitrogen and oxygen atoms in total. The average Bonchev–Trinajstić information content (AvgIpc) is 1.68. The van der Waals surface area contributed by atoms with E-state index in [1.54, 1.807) is 0 Å². The minimum atomic E-state index is -0.238. The van der Waals surface area contributed by atoms with Gasteiger partial charge in [-0.3, -0.25) is 0 Å². The van der Waals surface area contributed by atoms with Crippen molar-refractivity contribution in [2.24, 2.45) is 0 Å². The lowest BCUT2D eigenvalue weighted by Crippen LogP contribution is -2.61. The van der Waals surface area contributed by atoms with Gasteiger partial charge in [0.1, 0.15) is 5.58 Å². The molecule has 2 aliphatic heterocycles. The third-order valence-electron chi connectivity index (χ3n) is 23.5.